The maximum absolute atomic E-state index is 11.7. The van der Waals surface area contributed by atoms with Crippen LogP contribution in [-0.2, 0) is 31.3 Å². The van der Waals surface area contributed by atoms with E-state index in [4.69, 9.17) is 4.42 Å². The number of aliphatic hydroxyl groups excluding tert-OH is 1. The summed E-state index contributed by atoms with van der Waals surface area (Å²) in [5.74, 6) is 1.08. The van der Waals surface area contributed by atoms with E-state index in [1.165, 1.54) is 27.8 Å². The second kappa shape index (κ2) is 16.7. The number of carbonyl (C=O) groups excluding carboxylic acids is 1. The number of hydrogen-bond acceptors (Lipinski definition) is 3. The molecule has 0 spiro atoms. The Morgan fingerprint density at radius 2 is 1.51 bits per heavy atom. The summed E-state index contributed by atoms with van der Waals surface area (Å²) >= 11 is 0. The van der Waals surface area contributed by atoms with Crippen LogP contribution in [0.1, 0.15) is 78.4 Å². The van der Waals surface area contributed by atoms with Gasteiger partial charge in [0.05, 0.1) is 11.3 Å². The third kappa shape index (κ3) is 7.95. The van der Waals surface area contributed by atoms with Crippen molar-refractivity contribution in [3.63, 3.8) is 0 Å². The van der Waals surface area contributed by atoms with Crippen molar-refractivity contribution < 1.29 is 39.0 Å². The van der Waals surface area contributed by atoms with Gasteiger partial charge in [0.15, 0.2) is 5.78 Å². The van der Waals surface area contributed by atoms with E-state index in [9.17, 15) is 9.90 Å². The summed E-state index contributed by atoms with van der Waals surface area (Å²) in [7, 11) is 4.50. The molecule has 6 rings (SSSR count). The van der Waals surface area contributed by atoms with Crippen LogP contribution in [0.2, 0.25) is 0 Å². The standard InChI is InChI=1S/C31H26NO.C13H24O2.Ir/c1-19(2)15-22-18-28(32(4)27-14-13-21-9-5-6-10-23(21)30(22)27)26-17-20(3)16-25-24-11-7-8-12-29(24)33-31(25)26;1-5-10(6-2)12(14)9-13(15)11(7-3)8-4;/h5-14,16,18-19H,4,15H2,1-3H3;9-11,14H,5-8H2,1-4H3;/q-1;;/b;12-9-;. The summed E-state index contributed by atoms with van der Waals surface area (Å²) in [5, 5.41) is 15.8. The molecule has 0 bridgehead atoms. The summed E-state index contributed by atoms with van der Waals surface area (Å²) in [6.45, 7) is 14.7. The van der Waals surface area contributed by atoms with Gasteiger partial charge in [0.25, 0.3) is 0 Å². The molecule has 4 nitrogen and oxygen atoms in total. The zero-order valence-electron chi connectivity index (χ0n) is 30.0. The molecular formula is C44H50IrNO3-. The van der Waals surface area contributed by atoms with E-state index in [2.05, 4.69) is 99.1 Å². The zero-order chi connectivity index (χ0) is 34.5. The fourth-order valence-corrected chi connectivity index (χ4v) is 6.94. The molecule has 0 saturated carbocycles. The Kier molecular flexibility index (Phi) is 12.9. The van der Waals surface area contributed by atoms with Crippen molar-refractivity contribution >= 4 is 49.4 Å². The van der Waals surface area contributed by atoms with Crippen LogP contribution in [-0.4, -0.2) is 10.9 Å². The third-order valence-electron chi connectivity index (χ3n) is 9.63. The number of furan rings is 1. The molecule has 0 aliphatic carbocycles. The largest absolute Gasteiger partial charge is 0.512 e. The predicted octanol–water partition coefficient (Wildman–Crippen LogP) is 11.7. The predicted molar refractivity (Wildman–Crippen MR) is 201 cm³/mol. The van der Waals surface area contributed by atoms with Crippen LogP contribution < -0.4 is 4.57 Å². The van der Waals surface area contributed by atoms with Crippen LogP contribution in [0, 0.1) is 37.8 Å². The number of aliphatic hydroxyl groups is 1. The minimum Gasteiger partial charge on any atom is -0.512 e. The van der Waals surface area contributed by atoms with Gasteiger partial charge in [-0.1, -0.05) is 102 Å². The van der Waals surface area contributed by atoms with Gasteiger partial charge in [-0.25, -0.2) is 0 Å². The Balaban J connectivity index is 0.000000290. The molecule has 6 aromatic rings. The van der Waals surface area contributed by atoms with Crippen molar-refractivity contribution in [1.29, 1.82) is 0 Å². The summed E-state index contributed by atoms with van der Waals surface area (Å²) < 4.78 is 8.44. The Morgan fingerprint density at radius 1 is 0.878 bits per heavy atom. The Hall–Kier alpha value is -3.92. The fraction of sp³-hybridized carbons (Fsp3) is 0.341. The van der Waals surface area contributed by atoms with Crippen molar-refractivity contribution in [2.45, 2.75) is 80.6 Å². The smallest absolute Gasteiger partial charge is 0.162 e. The third-order valence-corrected chi connectivity index (χ3v) is 9.63. The maximum atomic E-state index is 11.7. The quantitative estimate of drug-likeness (QED) is 0.0492. The molecule has 0 aliphatic heterocycles. The normalized spacial score (nSPS) is 11.9. The Bertz CT molecular complexity index is 2100. The maximum Gasteiger partial charge on any atom is 0.162 e. The number of ketones is 1. The van der Waals surface area contributed by atoms with E-state index in [0.717, 1.165) is 76.4 Å². The van der Waals surface area contributed by atoms with Gasteiger partial charge in [-0.15, -0.1) is 17.7 Å². The number of fused-ring (bicyclic) bond motifs is 6. The number of benzene rings is 4. The second-order valence-corrected chi connectivity index (χ2v) is 13.4. The van der Waals surface area contributed by atoms with Crippen molar-refractivity contribution in [1.82, 2.24) is 0 Å². The summed E-state index contributed by atoms with van der Waals surface area (Å²) in [6, 6.07) is 29.3. The van der Waals surface area contributed by atoms with Crippen LogP contribution in [0.15, 0.2) is 89.0 Å². The fourth-order valence-electron chi connectivity index (χ4n) is 6.94. The van der Waals surface area contributed by atoms with Crippen LogP contribution in [0.4, 0.5) is 0 Å². The van der Waals surface area contributed by atoms with Gasteiger partial charge < -0.3 is 14.1 Å². The van der Waals surface area contributed by atoms with E-state index < -0.39 is 0 Å². The first-order chi connectivity index (χ1) is 23.1. The Morgan fingerprint density at radius 3 is 2.16 bits per heavy atom. The summed E-state index contributed by atoms with van der Waals surface area (Å²) in [5.41, 5.74) is 7.32. The molecule has 0 amide bonds. The van der Waals surface area contributed by atoms with E-state index >= 15 is 0 Å². The minimum absolute atomic E-state index is 0. The zero-order valence-corrected chi connectivity index (χ0v) is 32.4. The summed E-state index contributed by atoms with van der Waals surface area (Å²) in [6.07, 6.45) is 5.90. The molecule has 4 aromatic carbocycles. The van der Waals surface area contributed by atoms with Crippen molar-refractivity contribution in [3.8, 4) is 11.3 Å². The molecule has 0 saturated heterocycles. The minimum atomic E-state index is 0. The number of pyridine rings is 1. The van der Waals surface area contributed by atoms with Gasteiger partial charge in [0.2, 0.25) is 0 Å². The molecule has 1 radical (unpaired) electrons. The topological polar surface area (TPSA) is 54.3 Å². The average Bonchev–Trinajstić information content (AvgIpc) is 3.45. The van der Waals surface area contributed by atoms with Gasteiger partial charge in [-0.3, -0.25) is 4.79 Å². The number of allylic oxidation sites excluding steroid dienone is 2. The molecular weight excluding hydrogens is 783 g/mol. The van der Waals surface area contributed by atoms with Gasteiger partial charge in [0, 0.05) is 55.8 Å². The van der Waals surface area contributed by atoms with Gasteiger partial charge in [-0.05, 0) is 78.1 Å². The molecule has 2 aromatic heterocycles. The molecule has 0 fully saturated rings. The molecule has 0 atom stereocenters. The van der Waals surface area contributed by atoms with Crippen molar-refractivity contribution in [2.75, 3.05) is 0 Å². The molecule has 0 aliphatic rings. The van der Waals surface area contributed by atoms with E-state index in [0.29, 0.717) is 5.92 Å². The van der Waals surface area contributed by atoms with Crippen LogP contribution in [0.5, 0.6) is 0 Å². The first-order valence-electron chi connectivity index (χ1n) is 17.6. The van der Waals surface area contributed by atoms with Crippen molar-refractivity contribution in [3.05, 3.63) is 109 Å². The number of aryl methyl sites for hydroxylation is 1. The van der Waals surface area contributed by atoms with Crippen LogP contribution in [0.25, 0.3) is 54.9 Å². The monoisotopic (exact) mass is 833 g/mol. The summed E-state index contributed by atoms with van der Waals surface area (Å²) in [4.78, 5) is 11.7. The molecule has 259 valence electrons. The van der Waals surface area contributed by atoms with Gasteiger partial charge >= 0.3 is 0 Å². The second-order valence-electron chi connectivity index (χ2n) is 13.4. The van der Waals surface area contributed by atoms with Gasteiger partial charge in [0.1, 0.15) is 16.8 Å². The van der Waals surface area contributed by atoms with E-state index in [1.54, 1.807) is 0 Å². The number of rotatable bonds is 10. The molecule has 1 N–H and O–H groups in total. The molecule has 49 heavy (non-hydrogen) atoms. The van der Waals surface area contributed by atoms with Crippen molar-refractivity contribution in [2.24, 2.45) is 17.8 Å². The number of para-hydroxylation sites is 1. The molecule has 5 heteroatoms. The van der Waals surface area contributed by atoms with E-state index in [1.807, 2.05) is 39.8 Å². The van der Waals surface area contributed by atoms with E-state index in [-0.39, 0.29) is 43.5 Å². The van der Waals surface area contributed by atoms with Gasteiger partial charge in [-0.2, -0.15) is 0 Å². The first-order valence-corrected chi connectivity index (χ1v) is 17.6. The number of aromatic nitrogens is 1. The average molecular weight is 833 g/mol. The molecule has 2 heterocycles. The Labute approximate surface area is 305 Å². The molecule has 0 unspecified atom stereocenters. The number of carbonyl (C=O) groups is 1. The van der Waals surface area contributed by atoms with Crippen LogP contribution >= 0.6 is 0 Å². The number of hydrogen-bond donors (Lipinski definition) is 1. The first kappa shape index (κ1) is 37.9. The number of nitrogens with zero attached hydrogens (tertiary/aromatic N) is 1. The van der Waals surface area contributed by atoms with Crippen LogP contribution in [0.3, 0.4) is 0 Å². The SMILES string of the molecule is CCC(CC)C(=O)/C=C(\O)C(CC)CC.[CH2-][n+]1c(-c2[c-]c(C)cc3c2oc2ccccc23)cc(CC(C)C)c2c3ccccc3ccc21.[Ir].